The third-order valence-corrected chi connectivity index (χ3v) is 6.12. The monoisotopic (exact) mass is 434 g/mol. The first-order chi connectivity index (χ1) is 15.1. The molecule has 1 saturated heterocycles. The zero-order valence-corrected chi connectivity index (χ0v) is 17.5. The van der Waals surface area contributed by atoms with Crippen molar-refractivity contribution in [1.29, 1.82) is 0 Å². The number of carbonyl (C=O) groups excluding carboxylic acids is 2. The summed E-state index contributed by atoms with van der Waals surface area (Å²) in [6.45, 7) is 0.799. The average Bonchev–Trinajstić information content (AvgIpc) is 3.31. The fourth-order valence-electron chi connectivity index (χ4n) is 4.50. The number of benzene rings is 2. The summed E-state index contributed by atoms with van der Waals surface area (Å²) < 4.78 is 5.20. The Labute approximate surface area is 184 Å². The normalized spacial score (nSPS) is 19.4. The fraction of sp³-hybridized carbons (Fsp3) is 0.217. The van der Waals surface area contributed by atoms with Crippen LogP contribution in [-0.4, -0.2) is 51.8 Å². The minimum atomic E-state index is -1.13. The van der Waals surface area contributed by atoms with Gasteiger partial charge in [0.1, 0.15) is 11.4 Å². The molecule has 1 atom stereocenters. The number of rotatable bonds is 4. The summed E-state index contributed by atoms with van der Waals surface area (Å²) in [7, 11) is 1.60. The van der Waals surface area contributed by atoms with Gasteiger partial charge in [0.05, 0.1) is 13.5 Å². The molecule has 3 heterocycles. The van der Waals surface area contributed by atoms with Gasteiger partial charge in [0.25, 0.3) is 5.91 Å². The zero-order valence-electron chi connectivity index (χ0n) is 16.8. The summed E-state index contributed by atoms with van der Waals surface area (Å²) in [4.78, 5) is 38.9. The quantitative estimate of drug-likeness (QED) is 0.631. The molecule has 3 aromatic rings. The summed E-state index contributed by atoms with van der Waals surface area (Å²) >= 11 is 6.12. The highest BCUT2D eigenvalue weighted by atomic mass is 35.5. The van der Waals surface area contributed by atoms with Crippen molar-refractivity contribution in [2.75, 3.05) is 20.2 Å². The lowest BCUT2D eigenvalue weighted by atomic mass is 9.94. The van der Waals surface area contributed by atoms with Crippen molar-refractivity contribution in [3.05, 3.63) is 88.5 Å². The first-order valence-electron chi connectivity index (χ1n) is 9.88. The predicted molar refractivity (Wildman–Crippen MR) is 114 cm³/mol. The van der Waals surface area contributed by atoms with Crippen LogP contribution in [0.3, 0.4) is 0 Å². The number of hydrogen-bond donors (Lipinski definition) is 0. The number of ether oxygens (including phenoxy) is 1. The predicted octanol–water partition coefficient (Wildman–Crippen LogP) is 2.88. The third-order valence-electron chi connectivity index (χ3n) is 5.87. The Morgan fingerprint density at radius 3 is 2.48 bits per heavy atom. The van der Waals surface area contributed by atoms with Gasteiger partial charge in [0.2, 0.25) is 5.91 Å². The van der Waals surface area contributed by atoms with Crippen molar-refractivity contribution in [3.8, 4) is 5.75 Å². The maximum absolute atomic E-state index is 13.6. The second-order valence-electron chi connectivity index (χ2n) is 7.46. The van der Waals surface area contributed by atoms with E-state index in [2.05, 4.69) is 9.97 Å². The molecule has 0 bridgehead atoms. The topological polar surface area (TPSA) is 75.6 Å². The lowest BCUT2D eigenvalue weighted by Gasteiger charge is -2.39. The SMILES string of the molecule is COc1ccc(CC(=O)N2CCN3C(=O)c4nccnc4C23c2ccc(Cl)cc2)cc1. The molecule has 2 amide bonds. The van der Waals surface area contributed by atoms with E-state index in [1.54, 1.807) is 35.2 Å². The third kappa shape index (κ3) is 2.88. The van der Waals surface area contributed by atoms with Gasteiger partial charge in [0.15, 0.2) is 11.4 Å². The molecule has 0 radical (unpaired) electrons. The van der Waals surface area contributed by atoms with Gasteiger partial charge in [0, 0.05) is 36.1 Å². The summed E-state index contributed by atoms with van der Waals surface area (Å²) in [5, 5.41) is 0.574. The number of fused-ring (bicyclic) bond motifs is 3. The first kappa shape index (κ1) is 19.5. The van der Waals surface area contributed by atoms with E-state index in [9.17, 15) is 9.59 Å². The van der Waals surface area contributed by atoms with E-state index in [0.29, 0.717) is 23.8 Å². The maximum atomic E-state index is 13.6. The first-order valence-corrected chi connectivity index (χ1v) is 10.3. The highest BCUT2D eigenvalue weighted by molar-refractivity contribution is 6.30. The van der Waals surface area contributed by atoms with Crippen LogP contribution in [0.1, 0.15) is 27.3 Å². The van der Waals surface area contributed by atoms with Gasteiger partial charge in [-0.1, -0.05) is 35.9 Å². The highest BCUT2D eigenvalue weighted by Gasteiger charge is 2.61. The van der Waals surface area contributed by atoms with Gasteiger partial charge < -0.3 is 14.5 Å². The number of carbonyl (C=O) groups is 2. The van der Waals surface area contributed by atoms with Crippen LogP contribution >= 0.6 is 11.6 Å². The number of aromatic nitrogens is 2. The van der Waals surface area contributed by atoms with Crippen LogP contribution < -0.4 is 4.74 Å². The maximum Gasteiger partial charge on any atom is 0.277 e. The number of hydrogen-bond acceptors (Lipinski definition) is 5. The number of halogens is 1. The molecule has 2 aliphatic rings. The van der Waals surface area contributed by atoms with Crippen LogP contribution in [0.25, 0.3) is 0 Å². The zero-order chi connectivity index (χ0) is 21.6. The largest absolute Gasteiger partial charge is 0.497 e. The van der Waals surface area contributed by atoms with Crippen molar-refractivity contribution in [2.45, 2.75) is 12.1 Å². The van der Waals surface area contributed by atoms with Crippen LogP contribution in [0, 0.1) is 0 Å². The van der Waals surface area contributed by atoms with Gasteiger partial charge >= 0.3 is 0 Å². The second-order valence-corrected chi connectivity index (χ2v) is 7.90. The van der Waals surface area contributed by atoms with Gasteiger partial charge in [-0.15, -0.1) is 0 Å². The Bertz CT molecular complexity index is 1170. The highest BCUT2D eigenvalue weighted by Crippen LogP contribution is 2.48. The van der Waals surface area contributed by atoms with Crippen LogP contribution in [0.4, 0.5) is 0 Å². The van der Waals surface area contributed by atoms with Crippen molar-refractivity contribution in [1.82, 2.24) is 19.8 Å². The van der Waals surface area contributed by atoms with Crippen molar-refractivity contribution >= 4 is 23.4 Å². The van der Waals surface area contributed by atoms with E-state index in [1.807, 2.05) is 36.4 Å². The summed E-state index contributed by atoms with van der Waals surface area (Å²) in [5.74, 6) is 0.401. The molecule has 8 heteroatoms. The Hall–Kier alpha value is -3.45. The van der Waals surface area contributed by atoms with E-state index in [4.69, 9.17) is 16.3 Å². The molecule has 156 valence electrons. The molecule has 1 unspecified atom stereocenters. The standard InChI is InChI=1S/C23H19ClN4O3/c1-31-18-8-2-15(3-9-18)14-19(29)27-12-13-28-22(30)20-21(26-11-10-25-20)23(27,28)16-4-6-17(24)7-5-16/h2-11H,12-14H2,1H3. The van der Waals surface area contributed by atoms with E-state index < -0.39 is 5.66 Å². The molecule has 0 saturated carbocycles. The number of methoxy groups -OCH3 is 1. The summed E-state index contributed by atoms with van der Waals surface area (Å²) in [5.41, 5.74) is 1.24. The van der Waals surface area contributed by atoms with Crippen LogP contribution in [-0.2, 0) is 16.9 Å². The minimum absolute atomic E-state index is 0.103. The van der Waals surface area contributed by atoms with Crippen LogP contribution in [0.15, 0.2) is 60.9 Å². The number of nitrogens with zero attached hydrogens (tertiary/aromatic N) is 4. The molecular formula is C23H19ClN4O3. The Morgan fingerprint density at radius 2 is 1.77 bits per heavy atom. The van der Waals surface area contributed by atoms with Crippen LogP contribution in [0.5, 0.6) is 5.75 Å². The lowest BCUT2D eigenvalue weighted by molar-refractivity contribution is -0.135. The van der Waals surface area contributed by atoms with Gasteiger partial charge in [-0.05, 0) is 29.8 Å². The van der Waals surface area contributed by atoms with Crippen molar-refractivity contribution < 1.29 is 14.3 Å². The van der Waals surface area contributed by atoms with Crippen molar-refractivity contribution in [2.24, 2.45) is 0 Å². The fourth-order valence-corrected chi connectivity index (χ4v) is 4.63. The van der Waals surface area contributed by atoms with E-state index in [-0.39, 0.29) is 23.9 Å². The molecule has 31 heavy (non-hydrogen) atoms. The van der Waals surface area contributed by atoms with E-state index in [1.165, 1.54) is 6.20 Å². The van der Waals surface area contributed by atoms with Crippen LogP contribution in [0.2, 0.25) is 5.02 Å². The van der Waals surface area contributed by atoms with Gasteiger partial charge in [-0.2, -0.15) is 0 Å². The summed E-state index contributed by atoms with van der Waals surface area (Å²) in [6.07, 6.45) is 3.24. The molecule has 2 aromatic carbocycles. The molecule has 0 aliphatic carbocycles. The minimum Gasteiger partial charge on any atom is -0.497 e. The molecule has 0 N–H and O–H groups in total. The lowest BCUT2D eigenvalue weighted by Crippen LogP contribution is -2.52. The molecule has 0 spiro atoms. The second kappa shape index (κ2) is 7.35. The average molecular weight is 435 g/mol. The summed E-state index contributed by atoms with van der Waals surface area (Å²) in [6, 6.07) is 14.6. The van der Waals surface area contributed by atoms with E-state index in [0.717, 1.165) is 16.9 Å². The molecule has 7 nitrogen and oxygen atoms in total. The Kier molecular flexibility index (Phi) is 4.63. The molecule has 1 fully saturated rings. The Balaban J connectivity index is 1.61. The Morgan fingerprint density at radius 1 is 1.06 bits per heavy atom. The van der Waals surface area contributed by atoms with Gasteiger partial charge in [-0.3, -0.25) is 14.6 Å². The molecule has 1 aromatic heterocycles. The van der Waals surface area contributed by atoms with E-state index >= 15 is 0 Å². The van der Waals surface area contributed by atoms with Crippen molar-refractivity contribution in [3.63, 3.8) is 0 Å². The van der Waals surface area contributed by atoms with Gasteiger partial charge in [-0.25, -0.2) is 4.98 Å². The molecular weight excluding hydrogens is 416 g/mol. The molecule has 2 aliphatic heterocycles. The smallest absolute Gasteiger partial charge is 0.277 e. The number of amides is 2. The molecule has 5 rings (SSSR count).